The summed E-state index contributed by atoms with van der Waals surface area (Å²) in [7, 11) is 1.63. The first-order valence-electron chi connectivity index (χ1n) is 5.56. The minimum absolute atomic E-state index is 0.0595. The van der Waals surface area contributed by atoms with Crippen LogP contribution in [-0.2, 0) is 11.3 Å². The number of methoxy groups -OCH3 is 1. The molecule has 1 N–H and O–H groups in total. The molecule has 0 atom stereocenters. The van der Waals surface area contributed by atoms with Gasteiger partial charge in [0.15, 0.2) is 0 Å². The number of nitrogens with zero attached hydrogens (tertiary/aromatic N) is 3. The normalized spacial score (nSPS) is 10.5. The predicted molar refractivity (Wildman–Crippen MR) is 64.3 cm³/mol. The van der Waals surface area contributed by atoms with Crippen molar-refractivity contribution < 1.29 is 9.66 Å². The molecule has 0 aliphatic carbocycles. The van der Waals surface area contributed by atoms with Crippen LogP contribution in [0.15, 0.2) is 0 Å². The van der Waals surface area contributed by atoms with E-state index in [1.807, 2.05) is 6.92 Å². The van der Waals surface area contributed by atoms with Crippen LogP contribution in [0.1, 0.15) is 19.0 Å². The van der Waals surface area contributed by atoms with E-state index < -0.39 is 4.92 Å². The van der Waals surface area contributed by atoms with E-state index in [1.165, 1.54) is 0 Å². The van der Waals surface area contributed by atoms with E-state index in [1.54, 1.807) is 18.7 Å². The first-order valence-corrected chi connectivity index (χ1v) is 5.56. The molecule has 0 bridgehead atoms. The van der Waals surface area contributed by atoms with Gasteiger partial charge in [0, 0.05) is 26.8 Å². The van der Waals surface area contributed by atoms with E-state index in [2.05, 4.69) is 10.4 Å². The Morgan fingerprint density at radius 3 is 2.82 bits per heavy atom. The average Bonchev–Trinajstić information content (AvgIpc) is 2.61. The summed E-state index contributed by atoms with van der Waals surface area (Å²) in [6.45, 7) is 5.39. The van der Waals surface area contributed by atoms with Gasteiger partial charge in [-0.2, -0.15) is 5.10 Å². The van der Waals surface area contributed by atoms with Crippen molar-refractivity contribution in [1.82, 2.24) is 9.78 Å². The summed E-state index contributed by atoms with van der Waals surface area (Å²) in [6.07, 6.45) is 0.793. The Morgan fingerprint density at radius 1 is 1.59 bits per heavy atom. The Bertz CT molecular complexity index is 389. The topological polar surface area (TPSA) is 82.2 Å². The fourth-order valence-electron chi connectivity index (χ4n) is 1.62. The highest BCUT2D eigenvalue weighted by Crippen LogP contribution is 2.27. The predicted octanol–water partition coefficient (Wildman–Crippen LogP) is 1.57. The zero-order chi connectivity index (χ0) is 12.8. The monoisotopic (exact) mass is 242 g/mol. The molecule has 0 aliphatic rings. The molecular weight excluding hydrogens is 224 g/mol. The Balaban J connectivity index is 2.83. The molecule has 7 heteroatoms. The van der Waals surface area contributed by atoms with E-state index in [-0.39, 0.29) is 5.69 Å². The van der Waals surface area contributed by atoms with Crippen molar-refractivity contribution in [3.63, 3.8) is 0 Å². The number of rotatable bonds is 7. The number of aryl methyl sites for hydroxylation is 2. The molecule has 7 nitrogen and oxygen atoms in total. The van der Waals surface area contributed by atoms with Crippen LogP contribution in [0.25, 0.3) is 0 Å². The Labute approximate surface area is 99.9 Å². The van der Waals surface area contributed by atoms with E-state index in [9.17, 15) is 10.1 Å². The van der Waals surface area contributed by atoms with Crippen molar-refractivity contribution in [2.24, 2.45) is 0 Å². The van der Waals surface area contributed by atoms with Crippen molar-refractivity contribution in [2.75, 3.05) is 25.6 Å². The molecule has 1 heterocycles. The molecule has 0 spiro atoms. The standard InChI is InChI=1S/C10H18N4O3/c1-4-13-10(11-6-5-7-17-3)9(14(15)16)8(2)12-13/h11H,4-7H2,1-3H3. The van der Waals surface area contributed by atoms with Gasteiger partial charge in [0.1, 0.15) is 5.69 Å². The van der Waals surface area contributed by atoms with Gasteiger partial charge in [-0.15, -0.1) is 0 Å². The second-order valence-electron chi connectivity index (χ2n) is 3.63. The van der Waals surface area contributed by atoms with Gasteiger partial charge in [-0.05, 0) is 20.3 Å². The van der Waals surface area contributed by atoms with Gasteiger partial charge in [-0.1, -0.05) is 0 Å². The summed E-state index contributed by atoms with van der Waals surface area (Å²) in [5, 5.41) is 18.1. The molecule has 0 aromatic carbocycles. The smallest absolute Gasteiger partial charge is 0.333 e. The quantitative estimate of drug-likeness (QED) is 0.446. The molecule has 17 heavy (non-hydrogen) atoms. The van der Waals surface area contributed by atoms with Gasteiger partial charge in [-0.3, -0.25) is 10.1 Å². The van der Waals surface area contributed by atoms with E-state index in [0.29, 0.717) is 31.2 Å². The van der Waals surface area contributed by atoms with Crippen LogP contribution in [0.2, 0.25) is 0 Å². The number of hydrogen-bond acceptors (Lipinski definition) is 5. The fourth-order valence-corrected chi connectivity index (χ4v) is 1.62. The minimum Gasteiger partial charge on any atom is -0.385 e. The summed E-state index contributed by atoms with van der Waals surface area (Å²) in [4.78, 5) is 10.6. The zero-order valence-electron chi connectivity index (χ0n) is 10.4. The maximum atomic E-state index is 10.9. The number of ether oxygens (including phenoxy) is 1. The number of nitro groups is 1. The second-order valence-corrected chi connectivity index (χ2v) is 3.63. The lowest BCUT2D eigenvalue weighted by Crippen LogP contribution is -2.11. The highest BCUT2D eigenvalue weighted by atomic mass is 16.6. The van der Waals surface area contributed by atoms with Gasteiger partial charge in [0.05, 0.1) is 4.92 Å². The Kier molecular flexibility index (Phi) is 4.89. The molecule has 1 aromatic rings. The lowest BCUT2D eigenvalue weighted by atomic mass is 10.3. The number of aromatic nitrogens is 2. The van der Waals surface area contributed by atoms with Gasteiger partial charge in [-0.25, -0.2) is 4.68 Å². The van der Waals surface area contributed by atoms with E-state index in [0.717, 1.165) is 6.42 Å². The first kappa shape index (κ1) is 13.4. The molecule has 1 aromatic heterocycles. The largest absolute Gasteiger partial charge is 0.385 e. The third-order valence-corrected chi connectivity index (χ3v) is 2.40. The molecule has 1 rings (SSSR count). The highest BCUT2D eigenvalue weighted by molar-refractivity contribution is 5.59. The molecular formula is C10H18N4O3. The molecule has 0 aliphatic heterocycles. The van der Waals surface area contributed by atoms with Crippen LogP contribution in [0.5, 0.6) is 0 Å². The molecule has 0 saturated carbocycles. The SMILES string of the molecule is CCn1nc(C)c([N+](=O)[O-])c1NCCCOC. The third-order valence-electron chi connectivity index (χ3n) is 2.40. The van der Waals surface area contributed by atoms with Crippen molar-refractivity contribution >= 4 is 11.5 Å². The van der Waals surface area contributed by atoms with Crippen LogP contribution in [-0.4, -0.2) is 35.0 Å². The number of hydrogen-bond donors (Lipinski definition) is 1. The van der Waals surface area contributed by atoms with E-state index in [4.69, 9.17) is 4.74 Å². The maximum Gasteiger partial charge on any atom is 0.333 e. The summed E-state index contributed by atoms with van der Waals surface area (Å²) in [6, 6.07) is 0. The molecule has 96 valence electrons. The van der Waals surface area contributed by atoms with Crippen molar-refractivity contribution in [2.45, 2.75) is 26.8 Å². The second kappa shape index (κ2) is 6.19. The minimum atomic E-state index is -0.396. The maximum absolute atomic E-state index is 10.9. The van der Waals surface area contributed by atoms with Gasteiger partial charge in [0.25, 0.3) is 0 Å². The van der Waals surface area contributed by atoms with Gasteiger partial charge < -0.3 is 10.1 Å². The van der Waals surface area contributed by atoms with Crippen LogP contribution >= 0.6 is 0 Å². The average molecular weight is 242 g/mol. The third kappa shape index (κ3) is 3.16. The lowest BCUT2D eigenvalue weighted by molar-refractivity contribution is -0.384. The number of anilines is 1. The lowest BCUT2D eigenvalue weighted by Gasteiger charge is -2.06. The molecule has 0 saturated heterocycles. The van der Waals surface area contributed by atoms with Crippen LogP contribution in [0.3, 0.4) is 0 Å². The molecule has 0 unspecified atom stereocenters. The molecule has 0 amide bonds. The van der Waals surface area contributed by atoms with Crippen LogP contribution < -0.4 is 5.32 Å². The van der Waals surface area contributed by atoms with Crippen molar-refractivity contribution in [3.05, 3.63) is 15.8 Å². The van der Waals surface area contributed by atoms with Gasteiger partial charge >= 0.3 is 5.69 Å². The van der Waals surface area contributed by atoms with Crippen LogP contribution in [0.4, 0.5) is 11.5 Å². The first-order chi connectivity index (χ1) is 8.11. The number of nitrogens with one attached hydrogen (secondary N) is 1. The molecule has 0 fully saturated rings. The van der Waals surface area contributed by atoms with Crippen molar-refractivity contribution in [3.8, 4) is 0 Å². The van der Waals surface area contributed by atoms with Gasteiger partial charge in [0.2, 0.25) is 5.82 Å². The Hall–Kier alpha value is -1.63. The van der Waals surface area contributed by atoms with E-state index >= 15 is 0 Å². The highest BCUT2D eigenvalue weighted by Gasteiger charge is 2.24. The summed E-state index contributed by atoms with van der Waals surface area (Å²) in [5.41, 5.74) is 0.496. The molecule has 0 radical (unpaired) electrons. The van der Waals surface area contributed by atoms with Crippen LogP contribution in [0, 0.1) is 17.0 Å². The summed E-state index contributed by atoms with van der Waals surface area (Å²) in [5.74, 6) is 0.478. The fraction of sp³-hybridized carbons (Fsp3) is 0.700. The zero-order valence-corrected chi connectivity index (χ0v) is 10.4. The van der Waals surface area contributed by atoms with Crippen molar-refractivity contribution in [1.29, 1.82) is 0 Å². The summed E-state index contributed by atoms with van der Waals surface area (Å²) < 4.78 is 6.53. The summed E-state index contributed by atoms with van der Waals surface area (Å²) >= 11 is 0. The Morgan fingerprint density at radius 2 is 2.29 bits per heavy atom.